The Hall–Kier alpha value is -3.20. The molecule has 0 spiro atoms. The Morgan fingerprint density at radius 2 is 1.76 bits per heavy atom. The Kier molecular flexibility index (Phi) is 6.66. The molecule has 0 saturated heterocycles. The van der Waals surface area contributed by atoms with Crippen molar-refractivity contribution >= 4 is 11.6 Å². The second-order valence-corrected chi connectivity index (χ2v) is 9.47. The second kappa shape index (κ2) is 10.2. The lowest BCUT2D eigenvalue weighted by molar-refractivity contribution is -0.120. The SMILES string of the molecule is O=C(Cc1ccccc1)NCc1cccc(C2CCCC(C3=NC=CCC4=C3C=CC4)C2)c1. The smallest absolute Gasteiger partial charge is 0.224 e. The minimum absolute atomic E-state index is 0.0671. The summed E-state index contributed by atoms with van der Waals surface area (Å²) in [6.45, 7) is 0.578. The second-order valence-electron chi connectivity index (χ2n) is 9.47. The number of nitrogens with zero attached hydrogens (tertiary/aromatic N) is 1. The molecule has 0 radical (unpaired) electrons. The van der Waals surface area contributed by atoms with Gasteiger partial charge in [0.25, 0.3) is 0 Å². The molecule has 3 nitrogen and oxygen atoms in total. The van der Waals surface area contributed by atoms with Crippen LogP contribution in [0, 0.1) is 5.92 Å². The fourth-order valence-corrected chi connectivity index (χ4v) is 5.47. The molecule has 3 aliphatic rings. The first-order valence-electron chi connectivity index (χ1n) is 12.3. The molecule has 33 heavy (non-hydrogen) atoms. The van der Waals surface area contributed by atoms with Crippen LogP contribution in [-0.4, -0.2) is 11.6 Å². The molecule has 0 bridgehead atoms. The number of hydrogen-bond acceptors (Lipinski definition) is 2. The monoisotopic (exact) mass is 436 g/mol. The highest BCUT2D eigenvalue weighted by atomic mass is 16.1. The summed E-state index contributed by atoms with van der Waals surface area (Å²) in [7, 11) is 0. The quantitative estimate of drug-likeness (QED) is 0.557. The van der Waals surface area contributed by atoms with Gasteiger partial charge in [-0.15, -0.1) is 0 Å². The maximum atomic E-state index is 12.4. The van der Waals surface area contributed by atoms with Crippen molar-refractivity contribution in [2.24, 2.45) is 10.9 Å². The van der Waals surface area contributed by atoms with Crippen LogP contribution in [0.5, 0.6) is 0 Å². The highest BCUT2D eigenvalue weighted by molar-refractivity contribution is 6.06. The number of nitrogens with one attached hydrogen (secondary N) is 1. The Morgan fingerprint density at radius 3 is 2.67 bits per heavy atom. The standard InChI is InChI=1S/C30H32N2O/c33-29(19-22-8-2-1-3-9-22)32-21-23-10-4-12-25(18-23)26-13-5-14-27(20-26)30-28-16-6-11-24(28)15-7-17-31-30/h1-4,6-10,12,16-18,26-27H,5,11,13-15,19-21H2,(H,32,33). The molecule has 2 aliphatic carbocycles. The van der Waals surface area contributed by atoms with Crippen LogP contribution in [0.3, 0.4) is 0 Å². The molecule has 2 unspecified atom stereocenters. The first kappa shape index (κ1) is 21.6. The summed E-state index contributed by atoms with van der Waals surface area (Å²) in [5.74, 6) is 1.14. The van der Waals surface area contributed by atoms with Gasteiger partial charge in [-0.25, -0.2) is 0 Å². The van der Waals surface area contributed by atoms with Gasteiger partial charge in [-0.3, -0.25) is 9.79 Å². The van der Waals surface area contributed by atoms with Crippen molar-refractivity contribution < 1.29 is 4.79 Å². The highest BCUT2D eigenvalue weighted by Gasteiger charge is 2.29. The van der Waals surface area contributed by atoms with Gasteiger partial charge in [-0.2, -0.15) is 0 Å². The van der Waals surface area contributed by atoms with E-state index in [1.54, 1.807) is 0 Å². The zero-order valence-electron chi connectivity index (χ0n) is 19.2. The average Bonchev–Trinajstić information content (AvgIpc) is 3.22. The van der Waals surface area contributed by atoms with Crippen LogP contribution < -0.4 is 5.32 Å². The predicted molar refractivity (Wildman–Crippen MR) is 135 cm³/mol. The fraction of sp³-hybridized carbons (Fsp3) is 0.333. The summed E-state index contributed by atoms with van der Waals surface area (Å²) in [4.78, 5) is 17.3. The minimum atomic E-state index is 0.0671. The van der Waals surface area contributed by atoms with E-state index in [4.69, 9.17) is 4.99 Å². The summed E-state index contributed by atoms with van der Waals surface area (Å²) in [6, 6.07) is 18.7. The first-order valence-corrected chi connectivity index (χ1v) is 12.3. The number of carbonyl (C=O) groups excluding carboxylic acids is 1. The number of allylic oxidation sites excluding steroid dienone is 5. The zero-order chi connectivity index (χ0) is 22.5. The zero-order valence-corrected chi connectivity index (χ0v) is 19.2. The Bertz CT molecular complexity index is 1120. The number of carbonyl (C=O) groups is 1. The van der Waals surface area contributed by atoms with Gasteiger partial charge in [0.1, 0.15) is 0 Å². The molecule has 1 amide bonds. The van der Waals surface area contributed by atoms with E-state index in [9.17, 15) is 4.79 Å². The van der Waals surface area contributed by atoms with Crippen molar-refractivity contribution in [3.05, 3.63) is 107 Å². The van der Waals surface area contributed by atoms with Crippen molar-refractivity contribution in [1.29, 1.82) is 0 Å². The van der Waals surface area contributed by atoms with Gasteiger partial charge in [0, 0.05) is 18.7 Å². The lowest BCUT2D eigenvalue weighted by Crippen LogP contribution is -2.25. The lowest BCUT2D eigenvalue weighted by atomic mass is 9.74. The van der Waals surface area contributed by atoms with Crippen LogP contribution >= 0.6 is 0 Å². The molecule has 5 rings (SSSR count). The van der Waals surface area contributed by atoms with Gasteiger partial charge in [0.2, 0.25) is 5.91 Å². The molecule has 168 valence electrons. The Labute approximate surface area is 197 Å². The third-order valence-electron chi connectivity index (χ3n) is 7.17. The van der Waals surface area contributed by atoms with Crippen LogP contribution in [0.25, 0.3) is 0 Å². The van der Waals surface area contributed by atoms with E-state index < -0.39 is 0 Å². The normalized spacial score (nSPS) is 22.0. The molecule has 2 atom stereocenters. The molecule has 1 N–H and O–H groups in total. The summed E-state index contributed by atoms with van der Waals surface area (Å²) in [5.41, 5.74) is 7.86. The molecular weight excluding hydrogens is 404 g/mol. The summed E-state index contributed by atoms with van der Waals surface area (Å²) >= 11 is 0. The molecule has 1 fully saturated rings. The predicted octanol–water partition coefficient (Wildman–Crippen LogP) is 6.43. The Balaban J connectivity index is 1.23. The van der Waals surface area contributed by atoms with Gasteiger partial charge in [-0.1, -0.05) is 84.8 Å². The van der Waals surface area contributed by atoms with Crippen molar-refractivity contribution in [3.8, 4) is 0 Å². The number of rotatable bonds is 6. The van der Waals surface area contributed by atoms with Crippen LogP contribution in [-0.2, 0) is 17.8 Å². The molecule has 1 aliphatic heterocycles. The summed E-state index contributed by atoms with van der Waals surface area (Å²) in [5, 5.41) is 3.09. The van der Waals surface area contributed by atoms with E-state index in [1.165, 1.54) is 47.2 Å². The number of aliphatic imine (C=N–C) groups is 1. The molecule has 1 heterocycles. The van der Waals surface area contributed by atoms with E-state index >= 15 is 0 Å². The number of hydrogen-bond donors (Lipinski definition) is 1. The Morgan fingerprint density at radius 1 is 0.939 bits per heavy atom. The van der Waals surface area contributed by atoms with E-state index in [2.05, 4.69) is 47.8 Å². The van der Waals surface area contributed by atoms with Crippen LogP contribution in [0.1, 0.15) is 61.1 Å². The van der Waals surface area contributed by atoms with E-state index in [-0.39, 0.29) is 5.91 Å². The summed E-state index contributed by atoms with van der Waals surface area (Å²) < 4.78 is 0. The first-order chi connectivity index (χ1) is 16.3. The van der Waals surface area contributed by atoms with Crippen LogP contribution in [0.2, 0.25) is 0 Å². The number of benzene rings is 2. The summed E-state index contributed by atoms with van der Waals surface area (Å²) in [6.07, 6.45) is 16.2. The largest absolute Gasteiger partial charge is 0.352 e. The minimum Gasteiger partial charge on any atom is -0.352 e. The van der Waals surface area contributed by atoms with Crippen molar-refractivity contribution in [2.45, 2.75) is 57.4 Å². The van der Waals surface area contributed by atoms with Gasteiger partial charge in [-0.05, 0) is 60.3 Å². The van der Waals surface area contributed by atoms with Crippen LogP contribution in [0.15, 0.2) is 95.2 Å². The van der Waals surface area contributed by atoms with Crippen LogP contribution in [0.4, 0.5) is 0 Å². The molecule has 2 aromatic carbocycles. The molecular formula is C30H32N2O. The van der Waals surface area contributed by atoms with Gasteiger partial charge >= 0.3 is 0 Å². The lowest BCUT2D eigenvalue weighted by Gasteiger charge is -2.31. The van der Waals surface area contributed by atoms with Gasteiger partial charge < -0.3 is 5.32 Å². The van der Waals surface area contributed by atoms with Gasteiger partial charge in [0.15, 0.2) is 0 Å². The average molecular weight is 437 g/mol. The fourth-order valence-electron chi connectivity index (χ4n) is 5.47. The van der Waals surface area contributed by atoms with Crippen molar-refractivity contribution in [2.75, 3.05) is 0 Å². The maximum absolute atomic E-state index is 12.4. The van der Waals surface area contributed by atoms with Gasteiger partial charge in [0.05, 0.1) is 12.1 Å². The van der Waals surface area contributed by atoms with E-state index in [0.29, 0.717) is 24.8 Å². The van der Waals surface area contributed by atoms with E-state index in [0.717, 1.165) is 24.8 Å². The third-order valence-corrected chi connectivity index (χ3v) is 7.17. The van der Waals surface area contributed by atoms with Crippen molar-refractivity contribution in [1.82, 2.24) is 5.32 Å². The van der Waals surface area contributed by atoms with Crippen molar-refractivity contribution in [3.63, 3.8) is 0 Å². The molecule has 0 aromatic heterocycles. The van der Waals surface area contributed by atoms with E-state index in [1.807, 2.05) is 36.5 Å². The molecule has 3 heteroatoms. The highest BCUT2D eigenvalue weighted by Crippen LogP contribution is 2.40. The topological polar surface area (TPSA) is 41.5 Å². The third kappa shape index (κ3) is 5.24. The molecule has 2 aromatic rings. The number of amides is 1. The molecule has 1 saturated carbocycles. The maximum Gasteiger partial charge on any atom is 0.224 e.